The summed E-state index contributed by atoms with van der Waals surface area (Å²) in [4.78, 5) is 60.1. The highest BCUT2D eigenvalue weighted by atomic mass is 16.6. The number of carbonyl (C=O) groups excluding carboxylic acids is 4. The quantitative estimate of drug-likeness (QED) is 0.313. The van der Waals surface area contributed by atoms with E-state index < -0.39 is 18.1 Å². The number of ether oxygens (including phenoxy) is 1. The van der Waals surface area contributed by atoms with Crippen molar-refractivity contribution in [3.8, 4) is 0 Å². The molecular formula is C24H24N6O5. The lowest BCUT2D eigenvalue weighted by atomic mass is 10.1. The van der Waals surface area contributed by atoms with Crippen molar-refractivity contribution in [1.82, 2.24) is 19.6 Å². The molecule has 0 saturated carbocycles. The summed E-state index contributed by atoms with van der Waals surface area (Å²) in [5.41, 5.74) is 2.08. The van der Waals surface area contributed by atoms with Crippen molar-refractivity contribution in [3.05, 3.63) is 65.6 Å². The number of hydrogen-bond acceptors (Lipinski definition) is 6. The zero-order valence-corrected chi connectivity index (χ0v) is 19.5. The summed E-state index contributed by atoms with van der Waals surface area (Å²) < 4.78 is 6.83. The fourth-order valence-corrected chi connectivity index (χ4v) is 3.55. The summed E-state index contributed by atoms with van der Waals surface area (Å²) in [6.45, 7) is 1.91. The lowest BCUT2D eigenvalue weighted by Crippen LogP contribution is -2.33. The molecule has 35 heavy (non-hydrogen) atoms. The third-order valence-electron chi connectivity index (χ3n) is 5.29. The van der Waals surface area contributed by atoms with Crippen LogP contribution in [0.3, 0.4) is 0 Å². The smallest absolute Gasteiger partial charge is 0.414 e. The summed E-state index contributed by atoms with van der Waals surface area (Å²) in [7, 11) is 3.52. The van der Waals surface area contributed by atoms with Gasteiger partial charge in [-0.05, 0) is 36.4 Å². The lowest BCUT2D eigenvalue weighted by Gasteiger charge is -2.13. The van der Waals surface area contributed by atoms with E-state index in [4.69, 9.17) is 4.74 Å². The van der Waals surface area contributed by atoms with E-state index in [1.165, 1.54) is 30.6 Å². The maximum absolute atomic E-state index is 13.2. The number of amides is 3. The van der Waals surface area contributed by atoms with Crippen molar-refractivity contribution in [2.24, 2.45) is 4.99 Å². The number of carbonyl (C=O) groups is 4. The van der Waals surface area contributed by atoms with Crippen LogP contribution in [0.2, 0.25) is 0 Å². The molecule has 3 aromatic rings. The molecule has 1 atom stereocenters. The normalized spacial score (nSPS) is 15.5. The third-order valence-corrected chi connectivity index (χ3v) is 5.29. The number of benzene rings is 1. The van der Waals surface area contributed by atoms with E-state index in [1.54, 1.807) is 59.8 Å². The van der Waals surface area contributed by atoms with Gasteiger partial charge in [-0.15, -0.1) is 0 Å². The van der Waals surface area contributed by atoms with Gasteiger partial charge in [0, 0.05) is 38.5 Å². The average Bonchev–Trinajstić information content (AvgIpc) is 3.43. The van der Waals surface area contributed by atoms with Gasteiger partial charge in [-0.2, -0.15) is 4.99 Å². The van der Waals surface area contributed by atoms with Crippen LogP contribution in [0.4, 0.5) is 10.5 Å². The van der Waals surface area contributed by atoms with E-state index in [0.717, 1.165) is 0 Å². The Bertz CT molecular complexity index is 1330. The molecule has 0 aliphatic carbocycles. The summed E-state index contributed by atoms with van der Waals surface area (Å²) in [6, 6.07) is 9.79. The zero-order chi connectivity index (χ0) is 25.1. The number of aliphatic imine (C=N–C) groups is 1. The molecule has 0 bridgehead atoms. The van der Waals surface area contributed by atoms with E-state index in [2.05, 4.69) is 15.3 Å². The number of aromatic nitrogens is 2. The number of rotatable bonds is 7. The van der Waals surface area contributed by atoms with Crippen LogP contribution in [0.5, 0.6) is 0 Å². The van der Waals surface area contributed by atoms with Crippen LogP contribution < -0.4 is 10.2 Å². The molecule has 0 spiro atoms. The number of fused-ring (bicyclic) bond motifs is 1. The summed E-state index contributed by atoms with van der Waals surface area (Å²) in [5.74, 6) is -0.933. The van der Waals surface area contributed by atoms with E-state index in [-0.39, 0.29) is 30.5 Å². The molecule has 1 fully saturated rings. The van der Waals surface area contributed by atoms with Gasteiger partial charge in [0.1, 0.15) is 17.4 Å². The molecule has 11 heteroatoms. The fourth-order valence-electron chi connectivity index (χ4n) is 3.55. The number of hydrogen-bond donors (Lipinski definition) is 1. The molecule has 180 valence electrons. The predicted octanol–water partition coefficient (Wildman–Crippen LogP) is 1.76. The monoisotopic (exact) mass is 476 g/mol. The highest BCUT2D eigenvalue weighted by Gasteiger charge is 2.32. The van der Waals surface area contributed by atoms with Crippen molar-refractivity contribution < 1.29 is 23.9 Å². The van der Waals surface area contributed by atoms with E-state index >= 15 is 0 Å². The predicted molar refractivity (Wildman–Crippen MR) is 128 cm³/mol. The third kappa shape index (κ3) is 5.18. The van der Waals surface area contributed by atoms with Crippen molar-refractivity contribution in [2.75, 3.05) is 32.1 Å². The Morgan fingerprint density at radius 2 is 1.89 bits per heavy atom. The van der Waals surface area contributed by atoms with Crippen LogP contribution in [0.15, 0.2) is 53.8 Å². The summed E-state index contributed by atoms with van der Waals surface area (Å²) >= 11 is 0. The molecule has 1 aliphatic heterocycles. The van der Waals surface area contributed by atoms with Gasteiger partial charge in [0.2, 0.25) is 11.7 Å². The van der Waals surface area contributed by atoms with Crippen molar-refractivity contribution in [1.29, 1.82) is 0 Å². The number of nitrogens with one attached hydrogen (secondary N) is 1. The van der Waals surface area contributed by atoms with E-state index in [1.807, 2.05) is 0 Å². The van der Waals surface area contributed by atoms with Crippen LogP contribution in [-0.4, -0.2) is 77.6 Å². The number of nitrogens with zero attached hydrogens (tertiary/aromatic N) is 5. The molecule has 3 amide bonds. The number of cyclic esters (lactones) is 1. The Hall–Kier alpha value is -4.54. The Balaban J connectivity index is 1.52. The molecular weight excluding hydrogens is 452 g/mol. The van der Waals surface area contributed by atoms with Crippen LogP contribution in [0, 0.1) is 0 Å². The first-order valence-corrected chi connectivity index (χ1v) is 10.8. The molecule has 1 saturated heterocycles. The maximum atomic E-state index is 13.2. The molecule has 0 radical (unpaired) electrons. The highest BCUT2D eigenvalue weighted by Crippen LogP contribution is 2.23. The lowest BCUT2D eigenvalue weighted by molar-refractivity contribution is -0.119. The largest absolute Gasteiger partial charge is 0.442 e. The van der Waals surface area contributed by atoms with Crippen LogP contribution in [-0.2, 0) is 9.53 Å². The van der Waals surface area contributed by atoms with Crippen molar-refractivity contribution >= 4 is 41.4 Å². The Labute approximate surface area is 201 Å². The molecule has 1 aromatic carbocycles. The number of ketones is 1. The van der Waals surface area contributed by atoms with Gasteiger partial charge in [0.25, 0.3) is 5.91 Å². The second-order valence-electron chi connectivity index (χ2n) is 8.23. The standard InChI is InChI=1S/C24H24N6O5/c1-15(31)25-10-19-13-29(24(34)35-19)18-7-4-16(5-8-18)22(32)20-11-26-21-9-6-17(12-30(20)21)23(33)27-14-28(2)3/h4-9,11-12,14,19H,10,13H2,1-3H3,(H,25,31)/b27-14+/t19-/m0/s1. The number of anilines is 1. The summed E-state index contributed by atoms with van der Waals surface area (Å²) in [5, 5.41) is 2.63. The van der Waals surface area contributed by atoms with Gasteiger partial charge in [0.05, 0.1) is 31.2 Å². The number of pyridine rings is 1. The van der Waals surface area contributed by atoms with E-state index in [9.17, 15) is 19.2 Å². The second-order valence-corrected chi connectivity index (χ2v) is 8.23. The van der Waals surface area contributed by atoms with Gasteiger partial charge in [-0.1, -0.05) is 0 Å². The van der Waals surface area contributed by atoms with Gasteiger partial charge in [-0.25, -0.2) is 9.78 Å². The molecule has 1 N–H and O–H groups in total. The minimum Gasteiger partial charge on any atom is -0.442 e. The van der Waals surface area contributed by atoms with Gasteiger partial charge >= 0.3 is 6.09 Å². The zero-order valence-electron chi connectivity index (χ0n) is 19.5. The molecule has 2 aromatic heterocycles. The average molecular weight is 476 g/mol. The Morgan fingerprint density at radius 3 is 2.57 bits per heavy atom. The fraction of sp³-hybridized carbons (Fsp3) is 0.250. The first-order chi connectivity index (χ1) is 16.7. The second kappa shape index (κ2) is 9.75. The first kappa shape index (κ1) is 23.6. The van der Waals surface area contributed by atoms with Gasteiger partial charge in [0.15, 0.2) is 0 Å². The van der Waals surface area contributed by atoms with Crippen LogP contribution in [0.25, 0.3) is 5.65 Å². The van der Waals surface area contributed by atoms with Crippen molar-refractivity contribution in [2.45, 2.75) is 13.0 Å². The van der Waals surface area contributed by atoms with Crippen molar-refractivity contribution in [3.63, 3.8) is 0 Å². The molecule has 3 heterocycles. The minimum absolute atomic E-state index is 0.201. The van der Waals surface area contributed by atoms with Gasteiger partial charge < -0.3 is 15.0 Å². The van der Waals surface area contributed by atoms with Crippen LogP contribution >= 0.6 is 0 Å². The van der Waals surface area contributed by atoms with Crippen LogP contribution in [0.1, 0.15) is 33.3 Å². The van der Waals surface area contributed by atoms with Gasteiger partial charge in [-0.3, -0.25) is 23.7 Å². The molecule has 4 rings (SSSR count). The molecule has 1 aliphatic rings. The first-order valence-electron chi connectivity index (χ1n) is 10.8. The SMILES string of the molecule is CC(=O)NC[C@H]1CN(c2ccc(C(=O)c3cnc4ccc(C(=O)/N=C/N(C)C)cn34)cc2)C(=O)O1. The number of imidazole rings is 1. The molecule has 0 unspecified atom stereocenters. The Morgan fingerprint density at radius 1 is 1.17 bits per heavy atom. The van der Waals surface area contributed by atoms with E-state index in [0.29, 0.717) is 22.5 Å². The Kier molecular flexibility index (Phi) is 6.58. The minimum atomic E-state index is -0.518. The summed E-state index contributed by atoms with van der Waals surface area (Å²) in [6.07, 6.45) is 3.43. The maximum Gasteiger partial charge on any atom is 0.414 e. The molecule has 11 nitrogen and oxygen atoms in total. The topological polar surface area (TPSA) is 126 Å². The highest BCUT2D eigenvalue weighted by molar-refractivity contribution is 6.08.